The molecule has 0 aliphatic rings. The number of aryl methyl sites for hydroxylation is 1. The third-order valence-corrected chi connectivity index (χ3v) is 4.31. The molecule has 0 amide bonds. The lowest BCUT2D eigenvalue weighted by atomic mass is 10.1. The van der Waals surface area contributed by atoms with Crippen molar-refractivity contribution >= 4 is 11.4 Å². The lowest BCUT2D eigenvalue weighted by Crippen LogP contribution is -1.96. The summed E-state index contributed by atoms with van der Waals surface area (Å²) in [6, 6.07) is 15.5. The van der Waals surface area contributed by atoms with Gasteiger partial charge in [-0.3, -0.25) is 0 Å². The summed E-state index contributed by atoms with van der Waals surface area (Å²) in [6.07, 6.45) is 6.54. The van der Waals surface area contributed by atoms with Crippen LogP contribution in [0.1, 0.15) is 38.4 Å². The molecule has 0 saturated carbocycles. The standard InChI is InChI=1S/C22H25N3O2/c1-3-4-5-6-15-26-21-13-11-20(12-14-21)25-24-19-9-7-18(8-10-19)22-16-23-27-17(22)2/h7-14,16H,3-6,15H2,1-2H3/b25-24+. The first kappa shape index (κ1) is 18.8. The second-order valence-electron chi connectivity index (χ2n) is 6.45. The van der Waals surface area contributed by atoms with Crippen molar-refractivity contribution in [3.8, 4) is 16.9 Å². The van der Waals surface area contributed by atoms with E-state index in [2.05, 4.69) is 22.3 Å². The van der Waals surface area contributed by atoms with E-state index in [4.69, 9.17) is 9.26 Å². The van der Waals surface area contributed by atoms with Crippen LogP contribution in [0.2, 0.25) is 0 Å². The molecule has 5 heteroatoms. The molecule has 27 heavy (non-hydrogen) atoms. The van der Waals surface area contributed by atoms with Crippen LogP contribution in [0, 0.1) is 6.92 Å². The maximum Gasteiger partial charge on any atom is 0.141 e. The maximum absolute atomic E-state index is 5.74. The molecule has 0 aliphatic heterocycles. The van der Waals surface area contributed by atoms with Crippen molar-refractivity contribution in [2.75, 3.05) is 6.61 Å². The van der Waals surface area contributed by atoms with Crippen LogP contribution in [-0.2, 0) is 0 Å². The SMILES string of the molecule is CCCCCCOc1ccc(/N=N/c2ccc(-c3cnoc3C)cc2)cc1. The van der Waals surface area contributed by atoms with Gasteiger partial charge in [0.2, 0.25) is 0 Å². The van der Waals surface area contributed by atoms with Crippen molar-refractivity contribution in [3.05, 3.63) is 60.5 Å². The van der Waals surface area contributed by atoms with Crippen molar-refractivity contribution in [1.29, 1.82) is 0 Å². The number of hydrogen-bond donors (Lipinski definition) is 0. The highest BCUT2D eigenvalue weighted by atomic mass is 16.5. The first-order valence-corrected chi connectivity index (χ1v) is 9.42. The van der Waals surface area contributed by atoms with E-state index >= 15 is 0 Å². The average molecular weight is 363 g/mol. The van der Waals surface area contributed by atoms with Gasteiger partial charge in [0.05, 0.1) is 24.2 Å². The van der Waals surface area contributed by atoms with E-state index in [1.807, 2.05) is 55.5 Å². The molecule has 0 radical (unpaired) electrons. The van der Waals surface area contributed by atoms with Gasteiger partial charge in [-0.2, -0.15) is 10.2 Å². The van der Waals surface area contributed by atoms with Crippen LogP contribution >= 0.6 is 0 Å². The van der Waals surface area contributed by atoms with Gasteiger partial charge in [-0.15, -0.1) is 0 Å². The normalized spacial score (nSPS) is 11.2. The summed E-state index contributed by atoms with van der Waals surface area (Å²) in [6.45, 7) is 4.87. The molecular formula is C22H25N3O2. The lowest BCUT2D eigenvalue weighted by Gasteiger charge is -2.05. The Morgan fingerprint density at radius 3 is 2.15 bits per heavy atom. The average Bonchev–Trinajstić information content (AvgIpc) is 3.13. The minimum atomic E-state index is 0.763. The molecule has 0 aliphatic carbocycles. The number of unbranched alkanes of at least 4 members (excludes halogenated alkanes) is 3. The van der Waals surface area contributed by atoms with Gasteiger partial charge in [0, 0.05) is 5.56 Å². The highest BCUT2D eigenvalue weighted by Gasteiger charge is 2.05. The Balaban J connectivity index is 1.54. The summed E-state index contributed by atoms with van der Waals surface area (Å²) >= 11 is 0. The fraction of sp³-hybridized carbons (Fsp3) is 0.318. The Morgan fingerprint density at radius 1 is 0.889 bits per heavy atom. The van der Waals surface area contributed by atoms with Crippen LogP contribution in [-0.4, -0.2) is 11.8 Å². The van der Waals surface area contributed by atoms with Gasteiger partial charge >= 0.3 is 0 Å². The van der Waals surface area contributed by atoms with Crippen LogP contribution in [0.4, 0.5) is 11.4 Å². The van der Waals surface area contributed by atoms with Gasteiger partial charge in [0.25, 0.3) is 0 Å². The van der Waals surface area contributed by atoms with Crippen LogP contribution in [0.3, 0.4) is 0 Å². The lowest BCUT2D eigenvalue weighted by molar-refractivity contribution is 0.305. The minimum Gasteiger partial charge on any atom is -0.494 e. The number of rotatable bonds is 9. The monoisotopic (exact) mass is 363 g/mol. The quantitative estimate of drug-likeness (QED) is 0.303. The third kappa shape index (κ3) is 5.51. The van der Waals surface area contributed by atoms with Gasteiger partial charge in [-0.1, -0.05) is 43.5 Å². The molecular weight excluding hydrogens is 338 g/mol. The topological polar surface area (TPSA) is 60.0 Å². The largest absolute Gasteiger partial charge is 0.494 e. The Kier molecular flexibility index (Phi) is 6.74. The molecule has 1 aromatic heterocycles. The molecule has 0 saturated heterocycles. The predicted octanol–water partition coefficient (Wildman–Crippen LogP) is 7.02. The molecule has 3 rings (SSSR count). The van der Waals surface area contributed by atoms with Gasteiger partial charge in [-0.05, 0) is 55.3 Å². The van der Waals surface area contributed by atoms with Crippen molar-refractivity contribution in [1.82, 2.24) is 5.16 Å². The van der Waals surface area contributed by atoms with Crippen molar-refractivity contribution < 1.29 is 9.26 Å². The molecule has 0 unspecified atom stereocenters. The molecule has 5 nitrogen and oxygen atoms in total. The van der Waals surface area contributed by atoms with E-state index in [0.29, 0.717) is 0 Å². The van der Waals surface area contributed by atoms with E-state index in [1.54, 1.807) is 6.20 Å². The number of hydrogen-bond acceptors (Lipinski definition) is 5. The Labute approximate surface area is 160 Å². The number of azo groups is 1. The molecule has 140 valence electrons. The minimum absolute atomic E-state index is 0.763. The zero-order valence-electron chi connectivity index (χ0n) is 15.9. The first-order chi connectivity index (χ1) is 13.3. The number of ether oxygens (including phenoxy) is 1. The van der Waals surface area contributed by atoms with Crippen molar-refractivity contribution in [3.63, 3.8) is 0 Å². The van der Waals surface area contributed by atoms with Gasteiger partial charge in [0.1, 0.15) is 11.5 Å². The molecule has 0 N–H and O–H groups in total. The Bertz CT molecular complexity index is 852. The van der Waals surface area contributed by atoms with E-state index < -0.39 is 0 Å². The second kappa shape index (κ2) is 9.67. The summed E-state index contributed by atoms with van der Waals surface area (Å²) in [5, 5.41) is 12.4. The fourth-order valence-electron chi connectivity index (χ4n) is 2.73. The second-order valence-corrected chi connectivity index (χ2v) is 6.45. The summed E-state index contributed by atoms with van der Waals surface area (Å²) in [4.78, 5) is 0. The smallest absolute Gasteiger partial charge is 0.141 e. The van der Waals surface area contributed by atoms with Crippen LogP contribution in [0.5, 0.6) is 5.75 Å². The van der Waals surface area contributed by atoms with Gasteiger partial charge in [0.15, 0.2) is 0 Å². The number of nitrogens with zero attached hydrogens (tertiary/aromatic N) is 3. The molecule has 2 aromatic carbocycles. The van der Waals surface area contributed by atoms with Gasteiger partial charge < -0.3 is 9.26 Å². The maximum atomic E-state index is 5.74. The summed E-state index contributed by atoms with van der Waals surface area (Å²) in [5.41, 5.74) is 3.63. The highest BCUT2D eigenvalue weighted by Crippen LogP contribution is 2.26. The molecule has 3 aromatic rings. The van der Waals surface area contributed by atoms with Gasteiger partial charge in [-0.25, -0.2) is 0 Å². The molecule has 0 atom stereocenters. The van der Waals surface area contributed by atoms with Crippen LogP contribution in [0.15, 0.2) is 69.5 Å². The van der Waals surface area contributed by atoms with Crippen molar-refractivity contribution in [2.45, 2.75) is 39.5 Å². The number of benzene rings is 2. The molecule has 1 heterocycles. The summed E-state index contributed by atoms with van der Waals surface area (Å²) in [5.74, 6) is 1.68. The Hall–Kier alpha value is -2.95. The Morgan fingerprint density at radius 2 is 1.56 bits per heavy atom. The zero-order valence-corrected chi connectivity index (χ0v) is 15.9. The first-order valence-electron chi connectivity index (χ1n) is 9.42. The third-order valence-electron chi connectivity index (χ3n) is 4.31. The zero-order chi connectivity index (χ0) is 18.9. The van der Waals surface area contributed by atoms with Crippen LogP contribution < -0.4 is 4.74 Å². The van der Waals surface area contributed by atoms with E-state index in [1.165, 1.54) is 19.3 Å². The molecule has 0 spiro atoms. The molecule has 0 fully saturated rings. The van der Waals surface area contributed by atoms with E-state index in [-0.39, 0.29) is 0 Å². The van der Waals surface area contributed by atoms with E-state index in [9.17, 15) is 0 Å². The van der Waals surface area contributed by atoms with E-state index in [0.717, 1.165) is 47.0 Å². The summed E-state index contributed by atoms with van der Waals surface area (Å²) < 4.78 is 10.8. The number of aromatic nitrogens is 1. The molecule has 0 bridgehead atoms. The highest BCUT2D eigenvalue weighted by molar-refractivity contribution is 5.66. The summed E-state index contributed by atoms with van der Waals surface area (Å²) in [7, 11) is 0. The predicted molar refractivity (Wildman–Crippen MR) is 107 cm³/mol. The van der Waals surface area contributed by atoms with Crippen molar-refractivity contribution in [2.24, 2.45) is 10.2 Å². The van der Waals surface area contributed by atoms with Crippen LogP contribution in [0.25, 0.3) is 11.1 Å². The fourth-order valence-corrected chi connectivity index (χ4v) is 2.73.